The first-order valence-corrected chi connectivity index (χ1v) is 9.99. The summed E-state index contributed by atoms with van der Waals surface area (Å²) in [6.45, 7) is 0. The van der Waals surface area contributed by atoms with Crippen LogP contribution in [0.3, 0.4) is 0 Å². The zero-order valence-electron chi connectivity index (χ0n) is 13.2. The molecule has 2 aromatic rings. The van der Waals surface area contributed by atoms with Crippen LogP contribution in [-0.4, -0.2) is 17.3 Å². The van der Waals surface area contributed by atoms with Gasteiger partial charge in [-0.15, -0.1) is 23.1 Å². The minimum Gasteiger partial charge on any atom is -0.477 e. The summed E-state index contributed by atoms with van der Waals surface area (Å²) in [6, 6.07) is 10.3. The quantitative estimate of drug-likeness (QED) is 0.655. The standard InChI is InChI=1S/C18H21NO2S2/c1-22-18-15(11-16(23-18)17(20)21)19-14-9-7-13(8-10-14)12-5-3-2-4-6-12/h7-12,19H,2-6H2,1H3,(H,20,21). The Morgan fingerprint density at radius 2 is 1.91 bits per heavy atom. The number of carboxylic acids is 1. The van der Waals surface area contributed by atoms with Crippen LogP contribution in [0.25, 0.3) is 0 Å². The molecule has 23 heavy (non-hydrogen) atoms. The summed E-state index contributed by atoms with van der Waals surface area (Å²) in [7, 11) is 0. The number of thioether (sulfide) groups is 1. The van der Waals surface area contributed by atoms with Gasteiger partial charge in [0.15, 0.2) is 0 Å². The summed E-state index contributed by atoms with van der Waals surface area (Å²) in [5.41, 5.74) is 3.32. The molecule has 3 nitrogen and oxygen atoms in total. The fourth-order valence-corrected chi connectivity index (χ4v) is 4.76. The van der Waals surface area contributed by atoms with Crippen LogP contribution < -0.4 is 5.32 Å². The average molecular weight is 348 g/mol. The highest BCUT2D eigenvalue weighted by Crippen LogP contribution is 2.37. The van der Waals surface area contributed by atoms with E-state index in [4.69, 9.17) is 5.11 Å². The Balaban J connectivity index is 1.74. The maximum atomic E-state index is 11.1. The third-order valence-electron chi connectivity index (χ3n) is 4.36. The molecule has 3 rings (SSSR count). The van der Waals surface area contributed by atoms with E-state index in [1.165, 1.54) is 49.0 Å². The number of thiophene rings is 1. The minimum absolute atomic E-state index is 0.371. The predicted molar refractivity (Wildman–Crippen MR) is 98.6 cm³/mol. The van der Waals surface area contributed by atoms with Crippen molar-refractivity contribution in [1.29, 1.82) is 0 Å². The van der Waals surface area contributed by atoms with Crippen molar-refractivity contribution < 1.29 is 9.90 Å². The van der Waals surface area contributed by atoms with Gasteiger partial charge in [0.05, 0.1) is 9.90 Å². The Morgan fingerprint density at radius 1 is 1.22 bits per heavy atom. The molecule has 2 N–H and O–H groups in total. The molecule has 1 aliphatic rings. The highest BCUT2D eigenvalue weighted by atomic mass is 32.2. The molecule has 0 aliphatic heterocycles. The van der Waals surface area contributed by atoms with Gasteiger partial charge < -0.3 is 10.4 Å². The lowest BCUT2D eigenvalue weighted by atomic mass is 9.84. The predicted octanol–water partition coefficient (Wildman–Crippen LogP) is 5.96. The summed E-state index contributed by atoms with van der Waals surface area (Å²) in [6.07, 6.45) is 8.63. The van der Waals surface area contributed by atoms with E-state index in [1.807, 2.05) is 6.26 Å². The number of nitrogens with one attached hydrogen (secondary N) is 1. The maximum Gasteiger partial charge on any atom is 0.345 e. The molecule has 1 heterocycles. The highest BCUT2D eigenvalue weighted by Gasteiger charge is 2.16. The molecule has 5 heteroatoms. The highest BCUT2D eigenvalue weighted by molar-refractivity contribution is 8.00. The van der Waals surface area contributed by atoms with Crippen LogP contribution in [0.1, 0.15) is 53.3 Å². The van der Waals surface area contributed by atoms with E-state index in [0.717, 1.165) is 15.6 Å². The van der Waals surface area contributed by atoms with Gasteiger partial charge in [-0.1, -0.05) is 31.4 Å². The second-order valence-corrected chi connectivity index (χ2v) is 8.03. The second-order valence-electron chi connectivity index (χ2n) is 5.90. The minimum atomic E-state index is -0.869. The van der Waals surface area contributed by atoms with Gasteiger partial charge in [0.1, 0.15) is 4.88 Å². The smallest absolute Gasteiger partial charge is 0.345 e. The van der Waals surface area contributed by atoms with E-state index in [0.29, 0.717) is 10.8 Å². The molecule has 1 saturated carbocycles. The van der Waals surface area contributed by atoms with Crippen molar-refractivity contribution >= 4 is 40.4 Å². The molecule has 122 valence electrons. The number of aromatic carboxylic acids is 1. The summed E-state index contributed by atoms with van der Waals surface area (Å²) in [4.78, 5) is 11.5. The second kappa shape index (κ2) is 7.41. The van der Waals surface area contributed by atoms with E-state index >= 15 is 0 Å². The van der Waals surface area contributed by atoms with Crippen molar-refractivity contribution in [3.05, 3.63) is 40.8 Å². The van der Waals surface area contributed by atoms with Gasteiger partial charge in [-0.25, -0.2) is 4.79 Å². The van der Waals surface area contributed by atoms with E-state index in [1.54, 1.807) is 17.8 Å². The van der Waals surface area contributed by atoms with Gasteiger partial charge in [0.2, 0.25) is 0 Å². The Kier molecular flexibility index (Phi) is 5.28. The topological polar surface area (TPSA) is 49.3 Å². The Bertz CT molecular complexity index is 673. The third kappa shape index (κ3) is 3.90. The van der Waals surface area contributed by atoms with Gasteiger partial charge in [0, 0.05) is 5.69 Å². The van der Waals surface area contributed by atoms with Gasteiger partial charge in [-0.2, -0.15) is 0 Å². The first-order valence-electron chi connectivity index (χ1n) is 7.95. The largest absolute Gasteiger partial charge is 0.477 e. The van der Waals surface area contributed by atoms with Crippen LogP contribution in [-0.2, 0) is 0 Å². The van der Waals surface area contributed by atoms with Crippen molar-refractivity contribution in [1.82, 2.24) is 0 Å². The fourth-order valence-electron chi connectivity index (χ4n) is 3.15. The summed E-state index contributed by atoms with van der Waals surface area (Å²) in [5, 5.41) is 12.5. The number of rotatable bonds is 5. The molecule has 0 saturated heterocycles. The van der Waals surface area contributed by atoms with Crippen molar-refractivity contribution in [3.8, 4) is 0 Å². The molecule has 0 bridgehead atoms. The third-order valence-corrected chi connectivity index (χ3v) is 6.62. The summed E-state index contributed by atoms with van der Waals surface area (Å²) in [5.74, 6) is -0.162. The molecule has 1 aliphatic carbocycles. The molecule has 1 fully saturated rings. The van der Waals surface area contributed by atoms with Gasteiger partial charge in [-0.05, 0) is 48.8 Å². The average Bonchev–Trinajstić information content (AvgIpc) is 2.99. The van der Waals surface area contributed by atoms with Crippen molar-refractivity contribution in [2.75, 3.05) is 11.6 Å². The molecule has 0 radical (unpaired) electrons. The van der Waals surface area contributed by atoms with E-state index in [9.17, 15) is 4.79 Å². The van der Waals surface area contributed by atoms with E-state index < -0.39 is 5.97 Å². The lowest BCUT2D eigenvalue weighted by Crippen LogP contribution is -2.04. The Morgan fingerprint density at radius 3 is 2.52 bits per heavy atom. The number of carbonyl (C=O) groups is 1. The lowest BCUT2D eigenvalue weighted by Gasteiger charge is -2.22. The van der Waals surface area contributed by atoms with Crippen LogP contribution >= 0.6 is 23.1 Å². The summed E-state index contributed by atoms with van der Waals surface area (Å²) >= 11 is 2.89. The van der Waals surface area contributed by atoms with Crippen LogP contribution in [0, 0.1) is 0 Å². The van der Waals surface area contributed by atoms with Crippen LogP contribution in [0.5, 0.6) is 0 Å². The molecule has 1 aromatic heterocycles. The Hall–Kier alpha value is -1.46. The molecule has 0 atom stereocenters. The Labute approximate surface area is 145 Å². The SMILES string of the molecule is CSc1sc(C(=O)O)cc1Nc1ccc(C2CCCCC2)cc1. The zero-order chi connectivity index (χ0) is 16.2. The molecule has 0 spiro atoms. The number of benzene rings is 1. The fraction of sp³-hybridized carbons (Fsp3) is 0.389. The van der Waals surface area contributed by atoms with E-state index in [2.05, 4.69) is 29.6 Å². The number of anilines is 2. The zero-order valence-corrected chi connectivity index (χ0v) is 14.8. The molecule has 1 aromatic carbocycles. The van der Waals surface area contributed by atoms with Crippen LogP contribution in [0.4, 0.5) is 11.4 Å². The van der Waals surface area contributed by atoms with Gasteiger partial charge in [-0.3, -0.25) is 0 Å². The number of hydrogen-bond donors (Lipinski definition) is 2. The van der Waals surface area contributed by atoms with Crippen molar-refractivity contribution in [2.45, 2.75) is 42.2 Å². The van der Waals surface area contributed by atoms with Crippen molar-refractivity contribution in [3.63, 3.8) is 0 Å². The molecular weight excluding hydrogens is 326 g/mol. The lowest BCUT2D eigenvalue weighted by molar-refractivity contribution is 0.0702. The molecule has 0 unspecified atom stereocenters. The van der Waals surface area contributed by atoms with Crippen LogP contribution in [0.2, 0.25) is 0 Å². The monoisotopic (exact) mass is 347 g/mol. The number of carboxylic acid groups (broad SMARTS) is 1. The van der Waals surface area contributed by atoms with Gasteiger partial charge >= 0.3 is 5.97 Å². The normalized spacial score (nSPS) is 15.5. The maximum absolute atomic E-state index is 11.1. The number of hydrogen-bond acceptors (Lipinski definition) is 4. The first kappa shape index (κ1) is 16.4. The van der Waals surface area contributed by atoms with Gasteiger partial charge in [0.25, 0.3) is 0 Å². The first-order chi connectivity index (χ1) is 11.2. The molecule has 0 amide bonds. The summed E-state index contributed by atoms with van der Waals surface area (Å²) < 4.78 is 0.999. The van der Waals surface area contributed by atoms with Crippen molar-refractivity contribution in [2.24, 2.45) is 0 Å². The van der Waals surface area contributed by atoms with E-state index in [-0.39, 0.29) is 0 Å². The van der Waals surface area contributed by atoms with Crippen LogP contribution in [0.15, 0.2) is 34.5 Å². The molecular formula is C18H21NO2S2.